The third-order valence-corrected chi connectivity index (χ3v) is 3.93. The number of para-hydroxylation sites is 3. The lowest BCUT2D eigenvalue weighted by molar-refractivity contribution is 0.600. The second-order valence-electron chi connectivity index (χ2n) is 5.40. The highest BCUT2D eigenvalue weighted by atomic mass is 16.4. The van der Waals surface area contributed by atoms with Gasteiger partial charge in [0.25, 0.3) is 6.01 Å². The van der Waals surface area contributed by atoms with Crippen molar-refractivity contribution in [1.82, 2.24) is 4.98 Å². The number of benzene rings is 2. The number of rotatable bonds is 3. The number of aromatic nitrogens is 1. The zero-order valence-electron chi connectivity index (χ0n) is 11.7. The second kappa shape index (κ2) is 5.13. The van der Waals surface area contributed by atoms with Gasteiger partial charge in [-0.05, 0) is 30.7 Å². The average Bonchev–Trinajstić information content (AvgIpc) is 3.14. The highest BCUT2D eigenvalue weighted by Crippen LogP contribution is 2.23. The summed E-state index contributed by atoms with van der Waals surface area (Å²) in [4.78, 5) is 6.87. The fourth-order valence-corrected chi connectivity index (χ4v) is 2.86. The van der Waals surface area contributed by atoms with Crippen LogP contribution in [0.2, 0.25) is 0 Å². The van der Waals surface area contributed by atoms with E-state index in [9.17, 15) is 0 Å². The predicted octanol–water partition coefficient (Wildman–Crippen LogP) is 3.52. The molecule has 4 rings (SSSR count). The van der Waals surface area contributed by atoms with Crippen molar-refractivity contribution in [2.45, 2.75) is 12.5 Å². The highest BCUT2D eigenvalue weighted by Gasteiger charge is 2.23. The molecular formula is C17H17N3O. The maximum atomic E-state index is 5.73. The molecule has 2 aromatic carbocycles. The quantitative estimate of drug-likeness (QED) is 0.796. The molecule has 1 atom stereocenters. The summed E-state index contributed by atoms with van der Waals surface area (Å²) in [7, 11) is 0. The molecule has 2 heterocycles. The third kappa shape index (κ3) is 2.44. The van der Waals surface area contributed by atoms with Gasteiger partial charge in [-0.1, -0.05) is 30.3 Å². The van der Waals surface area contributed by atoms with Crippen molar-refractivity contribution < 1.29 is 4.42 Å². The molecule has 1 aliphatic rings. The molecule has 1 unspecified atom stereocenters. The van der Waals surface area contributed by atoms with Crippen LogP contribution in [0.25, 0.3) is 11.1 Å². The highest BCUT2D eigenvalue weighted by molar-refractivity contribution is 5.74. The molecule has 1 fully saturated rings. The van der Waals surface area contributed by atoms with E-state index in [0.29, 0.717) is 12.1 Å². The summed E-state index contributed by atoms with van der Waals surface area (Å²) in [6.45, 7) is 2.03. The number of hydrogen-bond donors (Lipinski definition) is 1. The minimum atomic E-state index is 0.373. The van der Waals surface area contributed by atoms with Crippen LogP contribution in [0, 0.1) is 0 Å². The Morgan fingerprint density at radius 2 is 1.86 bits per heavy atom. The standard InChI is InChI=1S/C17H17N3O/c1-2-6-14(7-3-1)20-11-10-13(12-20)18-17-19-15-8-4-5-9-16(15)21-17/h1-9,13H,10-12H2,(H,18,19). The van der Waals surface area contributed by atoms with E-state index in [1.165, 1.54) is 5.69 Å². The van der Waals surface area contributed by atoms with Gasteiger partial charge in [0.15, 0.2) is 5.58 Å². The van der Waals surface area contributed by atoms with Gasteiger partial charge in [0.1, 0.15) is 5.52 Å². The van der Waals surface area contributed by atoms with E-state index in [1.807, 2.05) is 30.3 Å². The van der Waals surface area contributed by atoms with E-state index >= 15 is 0 Å². The zero-order chi connectivity index (χ0) is 14.1. The minimum absolute atomic E-state index is 0.373. The van der Waals surface area contributed by atoms with Crippen molar-refractivity contribution in [2.75, 3.05) is 23.3 Å². The number of nitrogens with one attached hydrogen (secondary N) is 1. The molecule has 0 spiro atoms. The van der Waals surface area contributed by atoms with Gasteiger partial charge in [-0.2, -0.15) is 4.98 Å². The Morgan fingerprint density at radius 3 is 2.71 bits per heavy atom. The van der Waals surface area contributed by atoms with Crippen LogP contribution in [-0.2, 0) is 0 Å². The summed E-state index contributed by atoms with van der Waals surface area (Å²) < 4.78 is 5.73. The molecule has 1 N–H and O–H groups in total. The fraction of sp³-hybridized carbons (Fsp3) is 0.235. The molecule has 4 heteroatoms. The van der Waals surface area contributed by atoms with Gasteiger partial charge in [0.2, 0.25) is 0 Å². The summed E-state index contributed by atoms with van der Waals surface area (Å²) in [5, 5.41) is 3.41. The van der Waals surface area contributed by atoms with E-state index in [2.05, 4.69) is 39.5 Å². The van der Waals surface area contributed by atoms with Gasteiger partial charge in [-0.3, -0.25) is 0 Å². The summed E-state index contributed by atoms with van der Waals surface area (Å²) in [5.41, 5.74) is 3.01. The minimum Gasteiger partial charge on any atom is -0.424 e. The molecule has 1 saturated heterocycles. The first-order valence-electron chi connectivity index (χ1n) is 7.30. The van der Waals surface area contributed by atoms with Crippen molar-refractivity contribution in [3.8, 4) is 0 Å². The molecule has 106 valence electrons. The van der Waals surface area contributed by atoms with Crippen LogP contribution in [0.4, 0.5) is 11.7 Å². The lowest BCUT2D eigenvalue weighted by Gasteiger charge is -2.18. The lowest BCUT2D eigenvalue weighted by Crippen LogP contribution is -2.25. The number of nitrogens with zero attached hydrogens (tertiary/aromatic N) is 2. The molecule has 0 amide bonds. The van der Waals surface area contributed by atoms with Gasteiger partial charge in [-0.25, -0.2) is 0 Å². The van der Waals surface area contributed by atoms with Crippen molar-refractivity contribution in [3.63, 3.8) is 0 Å². The Hall–Kier alpha value is -2.49. The summed E-state index contributed by atoms with van der Waals surface area (Å²) in [6, 6.07) is 19.4. The summed E-state index contributed by atoms with van der Waals surface area (Å²) >= 11 is 0. The first kappa shape index (κ1) is 12.3. The molecular weight excluding hydrogens is 262 g/mol. The van der Waals surface area contributed by atoms with Crippen LogP contribution in [0.1, 0.15) is 6.42 Å². The summed E-state index contributed by atoms with van der Waals surface area (Å²) in [6.07, 6.45) is 1.09. The number of hydrogen-bond acceptors (Lipinski definition) is 4. The Labute approximate surface area is 123 Å². The maximum absolute atomic E-state index is 5.73. The van der Waals surface area contributed by atoms with Crippen LogP contribution < -0.4 is 10.2 Å². The van der Waals surface area contributed by atoms with Gasteiger partial charge in [-0.15, -0.1) is 0 Å². The number of anilines is 2. The van der Waals surface area contributed by atoms with Crippen LogP contribution in [0.5, 0.6) is 0 Å². The van der Waals surface area contributed by atoms with E-state index in [0.717, 1.165) is 30.6 Å². The van der Waals surface area contributed by atoms with E-state index in [4.69, 9.17) is 4.42 Å². The van der Waals surface area contributed by atoms with Crippen LogP contribution >= 0.6 is 0 Å². The van der Waals surface area contributed by atoms with Gasteiger partial charge >= 0.3 is 0 Å². The monoisotopic (exact) mass is 279 g/mol. The largest absolute Gasteiger partial charge is 0.424 e. The maximum Gasteiger partial charge on any atom is 0.295 e. The number of fused-ring (bicyclic) bond motifs is 1. The molecule has 0 saturated carbocycles. The van der Waals surface area contributed by atoms with E-state index < -0.39 is 0 Å². The van der Waals surface area contributed by atoms with Gasteiger partial charge in [0, 0.05) is 24.8 Å². The normalized spacial score (nSPS) is 18.3. The Bertz CT molecular complexity index is 705. The third-order valence-electron chi connectivity index (χ3n) is 3.93. The molecule has 1 aromatic heterocycles. The van der Waals surface area contributed by atoms with E-state index in [1.54, 1.807) is 0 Å². The molecule has 0 aliphatic carbocycles. The van der Waals surface area contributed by atoms with Crippen molar-refractivity contribution in [1.29, 1.82) is 0 Å². The molecule has 1 aliphatic heterocycles. The lowest BCUT2D eigenvalue weighted by atomic mass is 10.3. The SMILES string of the molecule is c1ccc(N2CCC(Nc3nc4ccccc4o3)C2)cc1. The van der Waals surface area contributed by atoms with Crippen LogP contribution in [0.3, 0.4) is 0 Å². The Balaban J connectivity index is 1.46. The van der Waals surface area contributed by atoms with Gasteiger partial charge < -0.3 is 14.6 Å². The summed E-state index contributed by atoms with van der Waals surface area (Å²) in [5.74, 6) is 0. The Morgan fingerprint density at radius 1 is 1.05 bits per heavy atom. The van der Waals surface area contributed by atoms with Crippen LogP contribution in [-0.4, -0.2) is 24.1 Å². The predicted molar refractivity (Wildman–Crippen MR) is 84.7 cm³/mol. The van der Waals surface area contributed by atoms with Crippen molar-refractivity contribution in [2.24, 2.45) is 0 Å². The zero-order valence-corrected chi connectivity index (χ0v) is 11.7. The molecule has 21 heavy (non-hydrogen) atoms. The number of oxazole rings is 1. The van der Waals surface area contributed by atoms with Crippen molar-refractivity contribution in [3.05, 3.63) is 54.6 Å². The smallest absolute Gasteiger partial charge is 0.295 e. The first-order chi connectivity index (χ1) is 10.4. The topological polar surface area (TPSA) is 41.3 Å². The molecule has 0 bridgehead atoms. The van der Waals surface area contributed by atoms with E-state index in [-0.39, 0.29) is 0 Å². The van der Waals surface area contributed by atoms with Gasteiger partial charge in [0.05, 0.1) is 0 Å². The molecule has 3 aromatic rings. The second-order valence-corrected chi connectivity index (χ2v) is 5.40. The van der Waals surface area contributed by atoms with Crippen molar-refractivity contribution >= 4 is 22.8 Å². The fourth-order valence-electron chi connectivity index (χ4n) is 2.86. The average molecular weight is 279 g/mol. The molecule has 0 radical (unpaired) electrons. The first-order valence-corrected chi connectivity index (χ1v) is 7.30. The molecule has 4 nitrogen and oxygen atoms in total. The Kier molecular flexibility index (Phi) is 2.99. The van der Waals surface area contributed by atoms with Crippen LogP contribution in [0.15, 0.2) is 59.0 Å².